The fraction of sp³-hybridized carbons (Fsp3) is 0.622. The van der Waals surface area contributed by atoms with Gasteiger partial charge in [-0.15, -0.1) is 0 Å². The number of ether oxygens (including phenoxy) is 5. The Morgan fingerprint density at radius 2 is 1.67 bits per heavy atom. The van der Waals surface area contributed by atoms with E-state index in [-0.39, 0.29) is 43.7 Å². The summed E-state index contributed by atoms with van der Waals surface area (Å²) in [6.07, 6.45) is 1.57. The summed E-state index contributed by atoms with van der Waals surface area (Å²) in [5.74, 6) is -6.26. The van der Waals surface area contributed by atoms with Crippen molar-refractivity contribution in [2.75, 3.05) is 20.6 Å². The molecule has 3 unspecified atom stereocenters. The van der Waals surface area contributed by atoms with Gasteiger partial charge in [0.1, 0.15) is 41.2 Å². The van der Waals surface area contributed by atoms with Crippen molar-refractivity contribution < 1.29 is 52.8 Å². The van der Waals surface area contributed by atoms with Crippen LogP contribution in [-0.4, -0.2) is 118 Å². The number of aromatic nitrogens is 2. The molecule has 15 nitrogen and oxygen atoms in total. The fourth-order valence-electron chi connectivity index (χ4n) is 9.17. The normalized spacial score (nSPS) is 35.7. The van der Waals surface area contributed by atoms with Crippen molar-refractivity contribution >= 4 is 35.7 Å². The zero-order valence-corrected chi connectivity index (χ0v) is 36.5. The number of Topliss-reactive ketones (excluding diaryl/α,β-unsaturated/α-hetero) is 2. The van der Waals surface area contributed by atoms with Crippen LogP contribution in [0.5, 0.6) is 0 Å². The summed E-state index contributed by atoms with van der Waals surface area (Å²) in [6, 6.07) is 8.96. The molecule has 1 aromatic carbocycles. The lowest BCUT2D eigenvalue weighted by Gasteiger charge is -2.47. The Labute approximate surface area is 352 Å². The lowest BCUT2D eigenvalue weighted by atomic mass is 9.70. The van der Waals surface area contributed by atoms with Gasteiger partial charge in [0.2, 0.25) is 0 Å². The molecule has 2 aromatic rings. The molecule has 1 aromatic heterocycles. The van der Waals surface area contributed by atoms with E-state index in [1.54, 1.807) is 66.1 Å². The maximum Gasteiger partial charge on any atom is 0.408 e. The summed E-state index contributed by atoms with van der Waals surface area (Å²) in [7, 11) is 3.66. The van der Waals surface area contributed by atoms with Gasteiger partial charge in [0.05, 0.1) is 12.5 Å². The molecule has 0 bridgehead atoms. The lowest BCUT2D eigenvalue weighted by molar-refractivity contribution is -0.292. The van der Waals surface area contributed by atoms with Gasteiger partial charge in [-0.05, 0) is 72.7 Å². The second-order valence-corrected chi connectivity index (χ2v) is 17.3. The Bertz CT molecular complexity index is 1880. The van der Waals surface area contributed by atoms with Crippen LogP contribution in [0.4, 0.5) is 4.79 Å². The zero-order chi connectivity index (χ0) is 44.1. The standard InChI is InChI=1S/C45H62N4O11/c1-11-34-45(8)32(23-35(50)59-45)27(4)36(51)25(2)24-44(7,60-43(55)48-19-12-14-30-15-17-31(18-16-30)40-46-20-13-21-47-40)39(28(5)37(52)29(6)41(54)57-34)58-42-38(53)33(49(9)10)22-26(3)56-42/h12-18,20-21,25-29,32-34,38-39,42,53H,11,19,22-24H2,1-10H3,(H,48,55)/b14-12+/t25-,26-,27?,28+,29-,32?,33+,34-,38-,39-,42?,44-,45+/m1/s1. The minimum atomic E-state index is -1.73. The molecule has 3 saturated heterocycles. The van der Waals surface area contributed by atoms with Gasteiger partial charge in [-0.2, -0.15) is 0 Å². The van der Waals surface area contributed by atoms with Crippen LogP contribution in [0.2, 0.25) is 0 Å². The number of alkyl carbamates (subject to hydrolysis) is 1. The maximum atomic E-state index is 14.5. The summed E-state index contributed by atoms with van der Waals surface area (Å²) in [5, 5.41) is 14.3. The molecule has 4 heterocycles. The van der Waals surface area contributed by atoms with E-state index in [0.717, 1.165) is 11.1 Å². The summed E-state index contributed by atoms with van der Waals surface area (Å²) in [5.41, 5.74) is -1.34. The number of likely N-dealkylation sites (N-methyl/N-ethyl adjacent to an activating group) is 1. The van der Waals surface area contributed by atoms with Gasteiger partial charge in [-0.25, -0.2) is 14.8 Å². The van der Waals surface area contributed by atoms with Crippen LogP contribution < -0.4 is 5.32 Å². The number of nitrogens with one attached hydrogen (secondary N) is 1. The lowest BCUT2D eigenvalue weighted by Crippen LogP contribution is -2.60. The Hall–Kier alpha value is -4.57. The monoisotopic (exact) mass is 834 g/mol. The smallest absolute Gasteiger partial charge is 0.408 e. The largest absolute Gasteiger partial charge is 0.458 e. The predicted molar refractivity (Wildman–Crippen MR) is 221 cm³/mol. The predicted octanol–water partition coefficient (Wildman–Crippen LogP) is 5.18. The number of esters is 2. The molecular weight excluding hydrogens is 773 g/mol. The number of carbonyl (C=O) groups excluding carboxylic acids is 5. The van der Waals surface area contributed by atoms with Crippen LogP contribution in [-0.2, 0) is 42.9 Å². The number of cyclic esters (lactones) is 1. The summed E-state index contributed by atoms with van der Waals surface area (Å²) in [6.45, 7) is 13.4. The number of hydrogen-bond donors (Lipinski definition) is 2. The summed E-state index contributed by atoms with van der Waals surface area (Å²) >= 11 is 0. The van der Waals surface area contributed by atoms with E-state index in [1.165, 1.54) is 6.92 Å². The molecule has 0 spiro atoms. The molecule has 0 saturated carbocycles. The van der Waals surface area contributed by atoms with Gasteiger partial charge in [0.25, 0.3) is 0 Å². The SMILES string of the molecule is CC[C@H]1OC(=O)[C@H](C)C(=O)[C@H](C)[C@@H](OC2O[C@H](C)C[C@H](N(C)C)[C@H]2O)[C@](C)(OC(=O)NC/C=C/c2ccc(-c3ncccn3)cc2)C[C@@H](C)C(=O)C(C)C2CC(=O)O[C@@]21C. The number of aliphatic hydroxyl groups excluding tert-OH is 1. The summed E-state index contributed by atoms with van der Waals surface area (Å²) < 4.78 is 30.9. The molecule has 15 heteroatoms. The molecule has 3 aliphatic rings. The highest BCUT2D eigenvalue weighted by atomic mass is 16.7. The van der Waals surface area contributed by atoms with Gasteiger partial charge < -0.3 is 39.0 Å². The Kier molecular flexibility index (Phi) is 15.1. The fourth-order valence-corrected chi connectivity index (χ4v) is 9.17. The van der Waals surface area contributed by atoms with E-state index in [1.807, 2.05) is 56.3 Å². The first-order chi connectivity index (χ1) is 28.3. The third-order valence-electron chi connectivity index (χ3n) is 12.6. The van der Waals surface area contributed by atoms with Crippen molar-refractivity contribution in [3.8, 4) is 11.4 Å². The first kappa shape index (κ1) is 46.5. The van der Waals surface area contributed by atoms with Crippen molar-refractivity contribution in [1.29, 1.82) is 0 Å². The molecule has 328 valence electrons. The molecule has 3 fully saturated rings. The number of carbonyl (C=O) groups is 5. The molecule has 5 rings (SSSR count). The highest BCUT2D eigenvalue weighted by Crippen LogP contribution is 2.45. The van der Waals surface area contributed by atoms with Crippen molar-refractivity contribution in [2.24, 2.45) is 29.6 Å². The Morgan fingerprint density at radius 1 is 1.00 bits per heavy atom. The van der Waals surface area contributed by atoms with Gasteiger partial charge >= 0.3 is 18.0 Å². The molecule has 2 N–H and O–H groups in total. The number of nitrogens with zero attached hydrogens (tertiary/aromatic N) is 3. The van der Waals surface area contributed by atoms with Gasteiger partial charge in [-0.1, -0.05) is 64.1 Å². The highest BCUT2D eigenvalue weighted by molar-refractivity contribution is 6.00. The van der Waals surface area contributed by atoms with E-state index in [0.29, 0.717) is 12.2 Å². The van der Waals surface area contributed by atoms with E-state index < -0.39 is 89.2 Å². The summed E-state index contributed by atoms with van der Waals surface area (Å²) in [4.78, 5) is 79.9. The number of amides is 1. The average Bonchev–Trinajstić information content (AvgIpc) is 3.53. The van der Waals surface area contributed by atoms with Crippen LogP contribution in [0.1, 0.15) is 86.6 Å². The molecule has 0 radical (unpaired) electrons. The topological polar surface area (TPSA) is 193 Å². The minimum Gasteiger partial charge on any atom is -0.458 e. The second-order valence-electron chi connectivity index (χ2n) is 17.3. The van der Waals surface area contributed by atoms with Gasteiger partial charge in [0.15, 0.2) is 17.9 Å². The third-order valence-corrected chi connectivity index (χ3v) is 12.6. The van der Waals surface area contributed by atoms with Crippen molar-refractivity contribution in [1.82, 2.24) is 20.2 Å². The van der Waals surface area contributed by atoms with E-state index >= 15 is 0 Å². The van der Waals surface area contributed by atoms with Gasteiger partial charge in [-0.3, -0.25) is 19.2 Å². The molecule has 1 amide bonds. The number of fused-ring (bicyclic) bond motifs is 1. The quantitative estimate of drug-likeness (QED) is 0.191. The van der Waals surface area contributed by atoms with Crippen molar-refractivity contribution in [3.63, 3.8) is 0 Å². The van der Waals surface area contributed by atoms with E-state index in [2.05, 4.69) is 15.3 Å². The number of aliphatic hydroxyl groups is 1. The van der Waals surface area contributed by atoms with Crippen LogP contribution in [0.15, 0.2) is 48.8 Å². The number of benzene rings is 1. The molecular formula is C45H62N4O11. The first-order valence-electron chi connectivity index (χ1n) is 21.0. The zero-order valence-electron chi connectivity index (χ0n) is 36.5. The number of ketones is 2. The van der Waals surface area contributed by atoms with Crippen molar-refractivity contribution in [3.05, 3.63) is 54.4 Å². The van der Waals surface area contributed by atoms with Crippen LogP contribution in [0, 0.1) is 29.6 Å². The molecule has 3 aliphatic heterocycles. The minimum absolute atomic E-state index is 0.0617. The van der Waals surface area contributed by atoms with Gasteiger partial charge in [0, 0.05) is 54.2 Å². The second kappa shape index (κ2) is 19.4. The number of hydrogen-bond acceptors (Lipinski definition) is 14. The number of rotatable bonds is 9. The molecule has 60 heavy (non-hydrogen) atoms. The Morgan fingerprint density at radius 3 is 2.30 bits per heavy atom. The van der Waals surface area contributed by atoms with Crippen molar-refractivity contribution in [2.45, 2.75) is 129 Å². The average molecular weight is 835 g/mol. The maximum absolute atomic E-state index is 14.5. The molecule has 0 aliphatic carbocycles. The first-order valence-corrected chi connectivity index (χ1v) is 21.0. The van der Waals surface area contributed by atoms with Crippen LogP contribution in [0.3, 0.4) is 0 Å². The van der Waals surface area contributed by atoms with Crippen LogP contribution in [0.25, 0.3) is 17.5 Å². The Balaban J connectivity index is 1.48. The third kappa shape index (κ3) is 10.3. The van der Waals surface area contributed by atoms with E-state index in [4.69, 9.17) is 23.7 Å². The van der Waals surface area contributed by atoms with Crippen LogP contribution >= 0.6 is 0 Å². The molecule has 13 atom stereocenters. The highest BCUT2D eigenvalue weighted by Gasteiger charge is 2.57. The van der Waals surface area contributed by atoms with E-state index in [9.17, 15) is 29.1 Å².